The number of fused-ring (bicyclic) bond motifs is 1. The molecule has 3 aromatic heterocycles. The number of amides is 1. The Morgan fingerprint density at radius 2 is 1.78 bits per heavy atom. The third-order valence-electron chi connectivity index (χ3n) is 9.86. The molecule has 1 aromatic carbocycles. The van der Waals surface area contributed by atoms with E-state index in [1.807, 2.05) is 16.7 Å². The van der Waals surface area contributed by atoms with Gasteiger partial charge in [-0.15, -0.1) is 0 Å². The van der Waals surface area contributed by atoms with Crippen molar-refractivity contribution in [3.05, 3.63) is 75.5 Å². The van der Waals surface area contributed by atoms with Gasteiger partial charge in [0.25, 0.3) is 0 Å². The molecule has 2 N–H and O–H groups in total. The molecule has 4 fully saturated rings. The molecule has 0 spiro atoms. The number of nitrogens with two attached hydrogens (primary N) is 1. The van der Waals surface area contributed by atoms with Crippen molar-refractivity contribution < 1.29 is 13.6 Å². The second kappa shape index (κ2) is 12.4. The first-order chi connectivity index (χ1) is 23.7. The summed E-state index contributed by atoms with van der Waals surface area (Å²) < 4.78 is 29.9. The van der Waals surface area contributed by atoms with Gasteiger partial charge in [-0.2, -0.15) is 4.98 Å². The van der Waals surface area contributed by atoms with Crippen LogP contribution in [0.4, 0.5) is 20.3 Å². The summed E-state index contributed by atoms with van der Waals surface area (Å²) >= 11 is 6.88. The molecule has 254 valence electrons. The number of carbonyl (C=O) groups is 1. The summed E-state index contributed by atoms with van der Waals surface area (Å²) in [4.78, 5) is 51.9. The Labute approximate surface area is 286 Å². The molecule has 1 amide bonds. The quantitative estimate of drug-likeness (QED) is 0.209. The molecule has 2 saturated heterocycles. The van der Waals surface area contributed by atoms with Crippen LogP contribution >= 0.6 is 11.6 Å². The fourth-order valence-corrected chi connectivity index (χ4v) is 7.22. The smallest absolute Gasteiger partial charge is 0.355 e. The number of hydrogen-bond donors (Lipinski definition) is 1. The lowest BCUT2D eigenvalue weighted by Crippen LogP contribution is -2.54. The maximum atomic E-state index is 15.3. The summed E-state index contributed by atoms with van der Waals surface area (Å²) in [5, 5.41) is 0.655. The van der Waals surface area contributed by atoms with E-state index in [-0.39, 0.29) is 51.4 Å². The highest BCUT2D eigenvalue weighted by Crippen LogP contribution is 2.48. The molecule has 2 aliphatic carbocycles. The minimum absolute atomic E-state index is 0.0491. The third kappa shape index (κ3) is 5.92. The maximum absolute atomic E-state index is 15.3. The highest BCUT2D eigenvalue weighted by Gasteiger charge is 2.37. The topological polar surface area (TPSA) is 126 Å². The van der Waals surface area contributed by atoms with Crippen LogP contribution in [0, 0.1) is 5.82 Å². The lowest BCUT2D eigenvalue weighted by molar-refractivity contribution is -0.126. The van der Waals surface area contributed by atoms with Crippen LogP contribution in [-0.4, -0.2) is 91.7 Å². The van der Waals surface area contributed by atoms with Crippen LogP contribution in [0.2, 0.25) is 5.02 Å². The number of likely N-dealkylation sites (tertiary alicyclic amines) is 1. The largest absolute Gasteiger partial charge is 0.398 e. The molecular formula is C35H36ClF2N9O2. The zero-order valence-electron chi connectivity index (χ0n) is 27.0. The lowest BCUT2D eigenvalue weighted by atomic mass is 10.1. The van der Waals surface area contributed by atoms with E-state index in [1.165, 1.54) is 16.7 Å². The van der Waals surface area contributed by atoms with E-state index >= 15 is 4.39 Å². The zero-order valence-corrected chi connectivity index (χ0v) is 27.8. The van der Waals surface area contributed by atoms with Gasteiger partial charge in [-0.05, 0) is 50.8 Å². The van der Waals surface area contributed by atoms with Crippen molar-refractivity contribution in [2.45, 2.75) is 56.7 Å². The van der Waals surface area contributed by atoms with Crippen LogP contribution in [0.25, 0.3) is 28.0 Å². The molecule has 0 unspecified atom stereocenters. The van der Waals surface area contributed by atoms with Gasteiger partial charge in [0.05, 0.1) is 38.7 Å². The number of aromatic nitrogens is 5. The van der Waals surface area contributed by atoms with Gasteiger partial charge >= 0.3 is 5.69 Å². The molecule has 4 aliphatic rings. The van der Waals surface area contributed by atoms with Crippen LogP contribution in [0.15, 0.2) is 47.5 Å². The van der Waals surface area contributed by atoms with Gasteiger partial charge in [-0.3, -0.25) is 9.69 Å². The molecule has 2 aliphatic heterocycles. The fourth-order valence-electron chi connectivity index (χ4n) is 6.98. The fraction of sp³-hybridized carbons (Fsp3) is 0.429. The number of nitrogens with zero attached hydrogens (tertiary/aromatic N) is 8. The Morgan fingerprint density at radius 1 is 1.06 bits per heavy atom. The van der Waals surface area contributed by atoms with Gasteiger partial charge < -0.3 is 15.5 Å². The number of halogens is 3. The van der Waals surface area contributed by atoms with E-state index in [0.717, 1.165) is 37.1 Å². The van der Waals surface area contributed by atoms with E-state index < -0.39 is 17.7 Å². The Morgan fingerprint density at radius 3 is 2.41 bits per heavy atom. The summed E-state index contributed by atoms with van der Waals surface area (Å²) in [6.45, 7) is 4.46. The summed E-state index contributed by atoms with van der Waals surface area (Å²) in [6, 6.07) is 5.84. The first-order valence-electron chi connectivity index (χ1n) is 16.8. The molecule has 0 radical (unpaired) electrons. The number of benzene rings is 1. The normalized spacial score (nSPS) is 20.4. The van der Waals surface area contributed by atoms with Gasteiger partial charge in [0, 0.05) is 68.9 Å². The first-order valence-corrected chi connectivity index (χ1v) is 17.2. The number of anilines is 2. The van der Waals surface area contributed by atoms with Crippen molar-refractivity contribution in [2.75, 3.05) is 49.9 Å². The SMILES string of the molecule is C[C@H]1CN(C(=O)/C=C/CN2CC(F)C2)CCN1c1nc(=O)n(-c2c(C3CC3)ncnc2C2CC2)c2nc(-c3c(N)cccc3F)c(Cl)cc12. The zero-order chi connectivity index (χ0) is 34.0. The number of alkyl halides is 1. The van der Waals surface area contributed by atoms with Gasteiger partial charge in [0.15, 0.2) is 5.65 Å². The van der Waals surface area contributed by atoms with Crippen molar-refractivity contribution in [3.8, 4) is 16.9 Å². The van der Waals surface area contributed by atoms with E-state index in [9.17, 15) is 14.0 Å². The molecular weight excluding hydrogens is 652 g/mol. The van der Waals surface area contributed by atoms with Crippen LogP contribution < -0.4 is 16.3 Å². The molecule has 49 heavy (non-hydrogen) atoms. The van der Waals surface area contributed by atoms with Gasteiger partial charge in [0.1, 0.15) is 24.1 Å². The standard InChI is InChI=1S/C35H36ClF2N9O2/c1-19-15-45(27(48)6-3-11-44-16-22(37)17-44)12-13-46(19)33-23-14-24(36)31(28-25(38)4-2-5-26(28)39)42-34(23)47(35(49)43-33)32-29(20-7-8-20)40-18-41-30(32)21-9-10-21/h2-6,14,18-22H,7-13,15-17,39H2,1H3/b6-3+/t19-/m0/s1. The average molecular weight is 688 g/mol. The van der Waals surface area contributed by atoms with E-state index in [2.05, 4.69) is 15.0 Å². The molecule has 11 nitrogen and oxygen atoms in total. The second-order valence-corrected chi connectivity index (χ2v) is 13.9. The van der Waals surface area contributed by atoms with Crippen molar-refractivity contribution in [1.82, 2.24) is 34.3 Å². The van der Waals surface area contributed by atoms with Crippen LogP contribution in [-0.2, 0) is 4.79 Å². The Hall–Kier alpha value is -4.49. The van der Waals surface area contributed by atoms with Gasteiger partial charge in [-0.1, -0.05) is 23.7 Å². The van der Waals surface area contributed by atoms with Crippen molar-refractivity contribution in [3.63, 3.8) is 0 Å². The second-order valence-electron chi connectivity index (χ2n) is 13.5. The average Bonchev–Trinajstić information content (AvgIpc) is 3.98. The summed E-state index contributed by atoms with van der Waals surface area (Å²) in [7, 11) is 0. The molecule has 4 aromatic rings. The summed E-state index contributed by atoms with van der Waals surface area (Å²) in [5.74, 6) is 0.0512. The molecule has 5 heterocycles. The van der Waals surface area contributed by atoms with Gasteiger partial charge in [0.2, 0.25) is 5.91 Å². The molecule has 14 heteroatoms. The molecule has 8 rings (SSSR count). The Kier molecular flexibility index (Phi) is 8.06. The van der Waals surface area contributed by atoms with Gasteiger partial charge in [-0.25, -0.2) is 33.1 Å². The minimum atomic E-state index is -0.791. The number of nitrogen functional groups attached to an aromatic ring is 1. The van der Waals surface area contributed by atoms with Crippen molar-refractivity contribution in [1.29, 1.82) is 0 Å². The number of piperazine rings is 1. The lowest BCUT2D eigenvalue weighted by Gasteiger charge is -2.40. The number of pyridine rings is 1. The van der Waals surface area contributed by atoms with Crippen molar-refractivity contribution >= 4 is 40.0 Å². The number of rotatable bonds is 8. The molecule has 1 atom stereocenters. The Balaban J connectivity index is 1.22. The third-order valence-corrected chi connectivity index (χ3v) is 10.2. The van der Waals surface area contributed by atoms with Crippen molar-refractivity contribution in [2.24, 2.45) is 0 Å². The summed E-state index contributed by atoms with van der Waals surface area (Å²) in [6.07, 6.45) is 7.90. The molecule has 0 bridgehead atoms. The summed E-state index contributed by atoms with van der Waals surface area (Å²) in [5.41, 5.74) is 8.44. The predicted molar refractivity (Wildman–Crippen MR) is 183 cm³/mol. The van der Waals surface area contributed by atoms with E-state index in [1.54, 1.807) is 35.5 Å². The molecule has 2 saturated carbocycles. The van der Waals surface area contributed by atoms with E-state index in [0.29, 0.717) is 56.2 Å². The van der Waals surface area contributed by atoms with Crippen LogP contribution in [0.1, 0.15) is 55.8 Å². The van der Waals surface area contributed by atoms with Crippen LogP contribution in [0.5, 0.6) is 0 Å². The maximum Gasteiger partial charge on any atom is 0.355 e. The highest BCUT2D eigenvalue weighted by atomic mass is 35.5. The highest BCUT2D eigenvalue weighted by molar-refractivity contribution is 6.34. The van der Waals surface area contributed by atoms with E-state index in [4.69, 9.17) is 22.3 Å². The minimum Gasteiger partial charge on any atom is -0.398 e. The van der Waals surface area contributed by atoms with Crippen LogP contribution in [0.3, 0.4) is 0 Å². The monoisotopic (exact) mass is 687 g/mol. The number of hydrogen-bond acceptors (Lipinski definition) is 9. The number of carbonyl (C=O) groups excluding carboxylic acids is 1. The Bertz CT molecular complexity index is 2010. The predicted octanol–water partition coefficient (Wildman–Crippen LogP) is 4.61. The first kappa shape index (κ1) is 31.8.